The fraction of sp³-hybridized carbons (Fsp3) is 0.278. The number of benzene rings is 1. The lowest BCUT2D eigenvalue weighted by molar-refractivity contribution is 0.0595. The van der Waals surface area contributed by atoms with Crippen molar-refractivity contribution in [1.82, 2.24) is 30.1 Å². The number of carbonyl (C=O) groups excluding carboxylic acids is 1. The van der Waals surface area contributed by atoms with Crippen LogP contribution in [0.15, 0.2) is 55.0 Å². The predicted molar refractivity (Wildman–Crippen MR) is 94.3 cm³/mol. The molecule has 1 unspecified atom stereocenters. The summed E-state index contributed by atoms with van der Waals surface area (Å²) in [5.74, 6) is -0.0910. The van der Waals surface area contributed by atoms with E-state index < -0.39 is 0 Å². The molecule has 8 nitrogen and oxygen atoms in total. The normalized spacial score (nSPS) is 11.9. The summed E-state index contributed by atoms with van der Waals surface area (Å²) in [4.78, 5) is 18.9. The summed E-state index contributed by atoms with van der Waals surface area (Å²) in [7, 11) is 3.37. The Morgan fingerprint density at radius 1 is 1.23 bits per heavy atom. The van der Waals surface area contributed by atoms with Gasteiger partial charge in [0.2, 0.25) is 0 Å². The average Bonchev–Trinajstić information content (AvgIpc) is 3.19. The van der Waals surface area contributed by atoms with Gasteiger partial charge in [0.1, 0.15) is 6.33 Å². The van der Waals surface area contributed by atoms with Crippen molar-refractivity contribution in [3.8, 4) is 0 Å². The first-order valence-electron chi connectivity index (χ1n) is 8.16. The maximum atomic E-state index is 12.9. The Balaban J connectivity index is 1.74. The Labute approximate surface area is 151 Å². The zero-order chi connectivity index (χ0) is 18.4. The lowest BCUT2D eigenvalue weighted by Crippen LogP contribution is -2.34. The van der Waals surface area contributed by atoms with Crippen LogP contribution in [0.4, 0.5) is 0 Å². The van der Waals surface area contributed by atoms with Gasteiger partial charge in [0, 0.05) is 25.9 Å². The number of tetrazole rings is 1. The van der Waals surface area contributed by atoms with E-state index in [2.05, 4.69) is 20.5 Å². The van der Waals surface area contributed by atoms with E-state index in [9.17, 15) is 4.79 Å². The van der Waals surface area contributed by atoms with Gasteiger partial charge in [-0.1, -0.05) is 18.2 Å². The summed E-state index contributed by atoms with van der Waals surface area (Å²) >= 11 is 0. The number of methoxy groups -OCH3 is 1. The Hall–Kier alpha value is -3.13. The van der Waals surface area contributed by atoms with Crippen LogP contribution in [-0.2, 0) is 11.3 Å². The highest BCUT2D eigenvalue weighted by Crippen LogP contribution is 2.20. The molecule has 8 heteroatoms. The highest BCUT2D eigenvalue weighted by atomic mass is 16.5. The van der Waals surface area contributed by atoms with Crippen molar-refractivity contribution in [3.05, 3.63) is 71.8 Å². The molecule has 3 aromatic rings. The topological polar surface area (TPSA) is 86.0 Å². The number of aromatic nitrogens is 5. The van der Waals surface area contributed by atoms with Crippen LogP contribution in [-0.4, -0.2) is 56.8 Å². The maximum Gasteiger partial charge on any atom is 0.254 e. The second-order valence-electron chi connectivity index (χ2n) is 5.85. The number of ether oxygens (including phenoxy) is 1. The standard InChI is InChI=1S/C18H20N6O2/c1-23(17(12-26-2)16-5-3-4-10-19-16)18(25)15-8-6-14(7-9-15)11-24-13-20-21-22-24/h3-10,13,17H,11-12H2,1-2H3. The Morgan fingerprint density at radius 3 is 2.65 bits per heavy atom. The first kappa shape index (κ1) is 17.7. The molecular weight excluding hydrogens is 332 g/mol. The second kappa shape index (κ2) is 8.30. The van der Waals surface area contributed by atoms with E-state index in [1.165, 1.54) is 0 Å². The van der Waals surface area contributed by atoms with Crippen molar-refractivity contribution < 1.29 is 9.53 Å². The van der Waals surface area contributed by atoms with Gasteiger partial charge in [-0.3, -0.25) is 9.78 Å². The lowest BCUT2D eigenvalue weighted by Gasteiger charge is -2.27. The third kappa shape index (κ3) is 4.09. The van der Waals surface area contributed by atoms with Crippen molar-refractivity contribution in [1.29, 1.82) is 0 Å². The molecular formula is C18H20N6O2. The minimum atomic E-state index is -0.255. The van der Waals surface area contributed by atoms with Crippen LogP contribution in [0.1, 0.15) is 27.7 Å². The van der Waals surface area contributed by atoms with Gasteiger partial charge < -0.3 is 9.64 Å². The first-order chi connectivity index (χ1) is 12.7. The molecule has 0 radical (unpaired) electrons. The summed E-state index contributed by atoms with van der Waals surface area (Å²) in [6.45, 7) is 0.925. The summed E-state index contributed by atoms with van der Waals surface area (Å²) in [5.41, 5.74) is 2.40. The summed E-state index contributed by atoms with van der Waals surface area (Å²) < 4.78 is 6.91. The van der Waals surface area contributed by atoms with Gasteiger partial charge in [-0.25, -0.2) is 4.68 Å². The van der Waals surface area contributed by atoms with E-state index in [-0.39, 0.29) is 11.9 Å². The monoisotopic (exact) mass is 352 g/mol. The molecule has 3 rings (SSSR count). The Kier molecular flexibility index (Phi) is 5.65. The molecule has 0 bridgehead atoms. The number of nitrogens with zero attached hydrogens (tertiary/aromatic N) is 6. The minimum Gasteiger partial charge on any atom is -0.382 e. The van der Waals surface area contributed by atoms with Gasteiger partial charge in [-0.2, -0.15) is 0 Å². The maximum absolute atomic E-state index is 12.9. The van der Waals surface area contributed by atoms with Crippen molar-refractivity contribution in [3.63, 3.8) is 0 Å². The highest BCUT2D eigenvalue weighted by Gasteiger charge is 2.23. The second-order valence-corrected chi connectivity index (χ2v) is 5.85. The van der Waals surface area contributed by atoms with Crippen LogP contribution in [0.3, 0.4) is 0 Å². The average molecular weight is 352 g/mol. The summed E-state index contributed by atoms with van der Waals surface area (Å²) in [6.07, 6.45) is 3.26. The Morgan fingerprint density at radius 2 is 2.04 bits per heavy atom. The van der Waals surface area contributed by atoms with Gasteiger partial charge in [0.15, 0.2) is 0 Å². The van der Waals surface area contributed by atoms with Crippen LogP contribution >= 0.6 is 0 Å². The zero-order valence-corrected chi connectivity index (χ0v) is 14.7. The van der Waals surface area contributed by atoms with E-state index >= 15 is 0 Å². The largest absolute Gasteiger partial charge is 0.382 e. The smallest absolute Gasteiger partial charge is 0.254 e. The van der Waals surface area contributed by atoms with Gasteiger partial charge in [-0.15, -0.1) is 5.10 Å². The molecule has 0 saturated heterocycles. The van der Waals surface area contributed by atoms with E-state index in [1.807, 2.05) is 30.3 Å². The van der Waals surface area contributed by atoms with Gasteiger partial charge in [0.05, 0.1) is 24.9 Å². The number of hydrogen-bond donors (Lipinski definition) is 0. The van der Waals surface area contributed by atoms with Crippen LogP contribution in [0.2, 0.25) is 0 Å². The molecule has 134 valence electrons. The van der Waals surface area contributed by atoms with E-state index in [0.717, 1.165) is 11.3 Å². The van der Waals surface area contributed by atoms with Crippen molar-refractivity contribution in [2.45, 2.75) is 12.6 Å². The summed E-state index contributed by atoms with van der Waals surface area (Å²) in [6, 6.07) is 12.8. The molecule has 0 saturated carbocycles. The van der Waals surface area contributed by atoms with Crippen LogP contribution in [0.5, 0.6) is 0 Å². The molecule has 1 aromatic carbocycles. The summed E-state index contributed by atoms with van der Waals surface area (Å²) in [5, 5.41) is 11.0. The molecule has 2 heterocycles. The molecule has 26 heavy (non-hydrogen) atoms. The molecule has 2 aromatic heterocycles. The van der Waals surface area contributed by atoms with Gasteiger partial charge in [0.25, 0.3) is 5.91 Å². The van der Waals surface area contributed by atoms with Crippen molar-refractivity contribution in [2.24, 2.45) is 0 Å². The van der Waals surface area contributed by atoms with E-state index in [0.29, 0.717) is 18.7 Å². The van der Waals surface area contributed by atoms with Gasteiger partial charge in [-0.05, 0) is 40.3 Å². The fourth-order valence-electron chi connectivity index (χ4n) is 2.66. The molecule has 1 atom stereocenters. The number of likely N-dealkylation sites (N-methyl/N-ethyl adjacent to an activating group) is 1. The number of amides is 1. The number of hydrogen-bond acceptors (Lipinski definition) is 6. The third-order valence-corrected chi connectivity index (χ3v) is 4.08. The fourth-order valence-corrected chi connectivity index (χ4v) is 2.66. The Bertz CT molecular complexity index is 821. The molecule has 0 N–H and O–H groups in total. The molecule has 0 fully saturated rings. The highest BCUT2D eigenvalue weighted by molar-refractivity contribution is 5.94. The van der Waals surface area contributed by atoms with Crippen molar-refractivity contribution >= 4 is 5.91 Å². The van der Waals surface area contributed by atoms with Crippen molar-refractivity contribution in [2.75, 3.05) is 20.8 Å². The molecule has 0 aliphatic carbocycles. The lowest BCUT2D eigenvalue weighted by atomic mass is 10.1. The van der Waals surface area contributed by atoms with Crippen LogP contribution in [0, 0.1) is 0 Å². The number of pyridine rings is 1. The predicted octanol–water partition coefficient (Wildman–Crippen LogP) is 1.58. The molecule has 0 aliphatic heterocycles. The molecule has 0 spiro atoms. The van der Waals surface area contributed by atoms with E-state index in [4.69, 9.17) is 4.74 Å². The van der Waals surface area contributed by atoms with Crippen LogP contribution < -0.4 is 0 Å². The zero-order valence-electron chi connectivity index (χ0n) is 14.7. The van der Waals surface area contributed by atoms with Gasteiger partial charge >= 0.3 is 0 Å². The molecule has 1 amide bonds. The van der Waals surface area contributed by atoms with Crippen LogP contribution in [0.25, 0.3) is 0 Å². The van der Waals surface area contributed by atoms with E-state index in [1.54, 1.807) is 48.4 Å². The number of carbonyl (C=O) groups is 1. The number of rotatable bonds is 7. The third-order valence-electron chi connectivity index (χ3n) is 4.08. The minimum absolute atomic E-state index is 0.0910. The molecule has 0 aliphatic rings. The first-order valence-corrected chi connectivity index (χ1v) is 8.16. The SMILES string of the molecule is COCC(c1ccccn1)N(C)C(=O)c1ccc(Cn2cnnn2)cc1. The quantitative estimate of drug-likeness (QED) is 0.642.